The summed E-state index contributed by atoms with van der Waals surface area (Å²) in [6.07, 6.45) is -0.0852. The summed E-state index contributed by atoms with van der Waals surface area (Å²) in [5, 5.41) is 0. The number of sulfonamides is 2. The highest BCUT2D eigenvalue weighted by atomic mass is 32.2. The second kappa shape index (κ2) is 8.39. The maximum Gasteiger partial charge on any atom is 0.242 e. The van der Waals surface area contributed by atoms with E-state index in [0.717, 1.165) is 0 Å². The monoisotopic (exact) mass is 440 g/mol. The fourth-order valence-corrected chi connectivity index (χ4v) is 5.20. The van der Waals surface area contributed by atoms with Crippen LogP contribution in [0.5, 0.6) is 11.5 Å². The van der Waals surface area contributed by atoms with Crippen molar-refractivity contribution in [2.45, 2.75) is 11.3 Å². The minimum absolute atomic E-state index is 0.0368. The molecule has 1 saturated heterocycles. The Kier molecular flexibility index (Phi) is 6.10. The van der Waals surface area contributed by atoms with Gasteiger partial charge in [-0.1, -0.05) is 0 Å². The third kappa shape index (κ3) is 4.86. The number of amides is 1. The summed E-state index contributed by atoms with van der Waals surface area (Å²) in [6.45, 7) is 0.152. The molecule has 1 amide bonds. The summed E-state index contributed by atoms with van der Waals surface area (Å²) in [7, 11) is -5.95. The van der Waals surface area contributed by atoms with Crippen LogP contribution in [-0.2, 0) is 24.8 Å². The van der Waals surface area contributed by atoms with Crippen LogP contribution < -0.4 is 18.5 Å². The summed E-state index contributed by atoms with van der Waals surface area (Å²) in [4.78, 5) is 11.7. The van der Waals surface area contributed by atoms with Crippen LogP contribution >= 0.6 is 0 Å². The van der Waals surface area contributed by atoms with E-state index in [1.54, 1.807) is 31.4 Å². The number of nitrogens with one attached hydrogen (secondary N) is 1. The van der Waals surface area contributed by atoms with Gasteiger partial charge >= 0.3 is 0 Å². The van der Waals surface area contributed by atoms with Gasteiger partial charge in [-0.15, -0.1) is 0 Å². The van der Waals surface area contributed by atoms with Crippen LogP contribution in [-0.4, -0.2) is 48.8 Å². The van der Waals surface area contributed by atoms with E-state index >= 15 is 0 Å². The minimum atomic E-state index is -3.81. The molecule has 1 aliphatic rings. The van der Waals surface area contributed by atoms with Crippen LogP contribution in [0.15, 0.2) is 53.4 Å². The first-order chi connectivity index (χ1) is 13.7. The second-order valence-electron chi connectivity index (χ2n) is 6.14. The summed E-state index contributed by atoms with van der Waals surface area (Å²) < 4.78 is 62.2. The van der Waals surface area contributed by atoms with E-state index in [-0.39, 0.29) is 35.9 Å². The van der Waals surface area contributed by atoms with Gasteiger partial charge in [0.1, 0.15) is 18.1 Å². The quantitative estimate of drug-likeness (QED) is 0.611. The molecule has 0 atom stereocenters. The number of hydrogen-bond donors (Lipinski definition) is 1. The first-order valence-corrected chi connectivity index (χ1v) is 11.7. The SMILES string of the molecule is COc1ccc(OCCNS(=O)(=O)c2ccc(N3C(=O)CCS3(=O)=O)cc2)cc1. The van der Waals surface area contributed by atoms with Gasteiger partial charge in [0.2, 0.25) is 26.0 Å². The van der Waals surface area contributed by atoms with E-state index in [4.69, 9.17) is 9.47 Å². The number of rotatable bonds is 8. The third-order valence-electron chi connectivity index (χ3n) is 4.18. The topological polar surface area (TPSA) is 119 Å². The van der Waals surface area contributed by atoms with Crippen molar-refractivity contribution in [2.75, 3.05) is 30.3 Å². The predicted molar refractivity (Wildman–Crippen MR) is 106 cm³/mol. The molecule has 0 unspecified atom stereocenters. The average molecular weight is 440 g/mol. The minimum Gasteiger partial charge on any atom is -0.497 e. The molecular formula is C18H20N2O7S2. The Morgan fingerprint density at radius 2 is 1.66 bits per heavy atom. The zero-order valence-corrected chi connectivity index (χ0v) is 17.2. The maximum atomic E-state index is 12.4. The van der Waals surface area contributed by atoms with Crippen molar-refractivity contribution in [2.24, 2.45) is 0 Å². The molecule has 29 heavy (non-hydrogen) atoms. The fourth-order valence-electron chi connectivity index (χ4n) is 2.73. The molecule has 1 N–H and O–H groups in total. The van der Waals surface area contributed by atoms with E-state index in [9.17, 15) is 21.6 Å². The normalized spacial score (nSPS) is 16.0. The molecule has 1 aliphatic heterocycles. The molecule has 3 rings (SSSR count). The number of carbonyl (C=O) groups is 1. The zero-order valence-electron chi connectivity index (χ0n) is 15.6. The number of methoxy groups -OCH3 is 1. The molecule has 0 spiro atoms. The Hall–Kier alpha value is -2.63. The van der Waals surface area contributed by atoms with E-state index < -0.39 is 26.0 Å². The van der Waals surface area contributed by atoms with Gasteiger partial charge in [-0.3, -0.25) is 4.79 Å². The van der Waals surface area contributed by atoms with E-state index in [1.807, 2.05) is 0 Å². The van der Waals surface area contributed by atoms with Gasteiger partial charge in [0.05, 0.1) is 23.4 Å². The van der Waals surface area contributed by atoms with Crippen molar-refractivity contribution < 1.29 is 31.1 Å². The first-order valence-electron chi connectivity index (χ1n) is 8.65. The Balaban J connectivity index is 1.58. The highest BCUT2D eigenvalue weighted by molar-refractivity contribution is 7.94. The van der Waals surface area contributed by atoms with Gasteiger partial charge in [-0.05, 0) is 48.5 Å². The lowest BCUT2D eigenvalue weighted by Crippen LogP contribution is -2.30. The average Bonchev–Trinajstić information content (AvgIpc) is 2.98. The highest BCUT2D eigenvalue weighted by Crippen LogP contribution is 2.26. The van der Waals surface area contributed by atoms with Crippen molar-refractivity contribution in [3.63, 3.8) is 0 Å². The highest BCUT2D eigenvalue weighted by Gasteiger charge is 2.36. The molecule has 2 aromatic rings. The second-order valence-corrected chi connectivity index (χ2v) is 9.84. The van der Waals surface area contributed by atoms with Crippen LogP contribution in [0.3, 0.4) is 0 Å². The summed E-state index contributed by atoms with van der Waals surface area (Å²) >= 11 is 0. The molecule has 9 nitrogen and oxygen atoms in total. The summed E-state index contributed by atoms with van der Waals surface area (Å²) in [6, 6.07) is 12.0. The van der Waals surface area contributed by atoms with Crippen molar-refractivity contribution in [1.29, 1.82) is 0 Å². The fraction of sp³-hybridized carbons (Fsp3) is 0.278. The zero-order chi connectivity index (χ0) is 21.1. The Labute approximate surface area is 169 Å². The van der Waals surface area contributed by atoms with Crippen molar-refractivity contribution in [3.05, 3.63) is 48.5 Å². The van der Waals surface area contributed by atoms with Crippen LogP contribution in [0.1, 0.15) is 6.42 Å². The molecule has 0 aromatic heterocycles. The number of benzene rings is 2. The van der Waals surface area contributed by atoms with E-state index in [2.05, 4.69) is 4.72 Å². The van der Waals surface area contributed by atoms with Gasteiger partial charge in [-0.2, -0.15) is 0 Å². The van der Waals surface area contributed by atoms with Gasteiger partial charge in [-0.25, -0.2) is 25.9 Å². The maximum absolute atomic E-state index is 12.4. The number of ether oxygens (including phenoxy) is 2. The molecular weight excluding hydrogens is 420 g/mol. The molecule has 156 valence electrons. The van der Waals surface area contributed by atoms with Crippen LogP contribution in [0, 0.1) is 0 Å². The standard InChI is InChI=1S/C18H20N2O7S2/c1-26-15-4-6-16(7-5-15)27-12-11-19-29(24,25)17-8-2-14(3-9-17)20-18(21)10-13-28(20,22)23/h2-9,19H,10-13H2,1H3. The Bertz CT molecular complexity index is 1080. The molecule has 1 fully saturated rings. The van der Waals surface area contributed by atoms with E-state index in [0.29, 0.717) is 15.8 Å². The first kappa shape index (κ1) is 21.1. The van der Waals surface area contributed by atoms with Gasteiger partial charge in [0.25, 0.3) is 0 Å². The van der Waals surface area contributed by atoms with Gasteiger partial charge in [0.15, 0.2) is 0 Å². The summed E-state index contributed by atoms with van der Waals surface area (Å²) in [5.74, 6) is 0.479. The van der Waals surface area contributed by atoms with E-state index in [1.165, 1.54) is 24.3 Å². The largest absolute Gasteiger partial charge is 0.497 e. The van der Waals surface area contributed by atoms with Crippen molar-refractivity contribution in [3.8, 4) is 11.5 Å². The molecule has 0 bridgehead atoms. The number of nitrogens with zero attached hydrogens (tertiary/aromatic N) is 1. The van der Waals surface area contributed by atoms with Crippen LogP contribution in [0.2, 0.25) is 0 Å². The number of hydrogen-bond acceptors (Lipinski definition) is 7. The lowest BCUT2D eigenvalue weighted by Gasteiger charge is -2.15. The lowest BCUT2D eigenvalue weighted by molar-refractivity contribution is -0.116. The summed E-state index contributed by atoms with van der Waals surface area (Å²) in [5.41, 5.74) is 0.120. The van der Waals surface area contributed by atoms with Crippen LogP contribution in [0.25, 0.3) is 0 Å². The molecule has 0 saturated carbocycles. The Morgan fingerprint density at radius 1 is 1.03 bits per heavy atom. The molecule has 0 radical (unpaired) electrons. The van der Waals surface area contributed by atoms with Crippen LogP contribution in [0.4, 0.5) is 5.69 Å². The van der Waals surface area contributed by atoms with Gasteiger partial charge in [0, 0.05) is 13.0 Å². The van der Waals surface area contributed by atoms with Crippen molar-refractivity contribution >= 4 is 31.6 Å². The Morgan fingerprint density at radius 3 is 2.21 bits per heavy atom. The molecule has 2 aromatic carbocycles. The predicted octanol–water partition coefficient (Wildman–Crippen LogP) is 1.12. The third-order valence-corrected chi connectivity index (χ3v) is 7.35. The van der Waals surface area contributed by atoms with Crippen molar-refractivity contribution in [1.82, 2.24) is 4.72 Å². The van der Waals surface area contributed by atoms with Gasteiger partial charge < -0.3 is 9.47 Å². The molecule has 11 heteroatoms. The lowest BCUT2D eigenvalue weighted by atomic mass is 10.3. The number of carbonyl (C=O) groups excluding carboxylic acids is 1. The molecule has 0 aliphatic carbocycles. The number of anilines is 1. The molecule has 1 heterocycles. The smallest absolute Gasteiger partial charge is 0.242 e.